The highest BCUT2D eigenvalue weighted by Gasteiger charge is 2.42. The summed E-state index contributed by atoms with van der Waals surface area (Å²) >= 11 is 0. The Labute approximate surface area is 146 Å². The highest BCUT2D eigenvalue weighted by molar-refractivity contribution is 5.90. The van der Waals surface area contributed by atoms with Gasteiger partial charge in [0.25, 0.3) is 0 Å². The molecule has 25 heavy (non-hydrogen) atoms. The van der Waals surface area contributed by atoms with Gasteiger partial charge >= 0.3 is 0 Å². The van der Waals surface area contributed by atoms with Gasteiger partial charge in [-0.25, -0.2) is 9.97 Å². The van der Waals surface area contributed by atoms with Crippen molar-refractivity contribution in [2.75, 3.05) is 36.5 Å². The molecule has 0 radical (unpaired) electrons. The molecule has 2 aromatic heterocycles. The maximum Gasteiger partial charge on any atom is 0.225 e. The number of carbonyl (C=O) groups excluding carboxylic acids is 1. The summed E-state index contributed by atoms with van der Waals surface area (Å²) in [6.45, 7) is 3.14. The molecule has 4 rings (SSSR count). The smallest absolute Gasteiger partial charge is 0.225 e. The van der Waals surface area contributed by atoms with Gasteiger partial charge in [0.15, 0.2) is 0 Å². The summed E-state index contributed by atoms with van der Waals surface area (Å²) in [4.78, 5) is 27.3. The van der Waals surface area contributed by atoms with Crippen LogP contribution in [0.15, 0.2) is 43.0 Å². The summed E-state index contributed by atoms with van der Waals surface area (Å²) in [5, 5.41) is 2.92. The van der Waals surface area contributed by atoms with Gasteiger partial charge in [0, 0.05) is 44.0 Å². The van der Waals surface area contributed by atoms with E-state index in [-0.39, 0.29) is 11.8 Å². The Kier molecular flexibility index (Phi) is 4.56. The molecule has 0 unspecified atom stereocenters. The van der Waals surface area contributed by atoms with Crippen molar-refractivity contribution in [1.29, 1.82) is 0 Å². The van der Waals surface area contributed by atoms with Crippen LogP contribution < -0.4 is 10.2 Å². The topological polar surface area (TPSA) is 80.2 Å². The summed E-state index contributed by atoms with van der Waals surface area (Å²) < 4.78 is 5.77. The molecule has 130 valence electrons. The standard InChI is InChI=1S/C18H21N5O2/c24-17(22-15-3-1-4-19-8-15)7-13-11-25-12-14-9-23(10-16(13)14)18-20-5-2-6-21-18/h1-6,8,13-14,16H,7,9-12H2,(H,22,24)/t13-,14-,16+/m1/s1. The Hall–Kier alpha value is -2.54. The number of nitrogens with one attached hydrogen (secondary N) is 1. The molecule has 0 bridgehead atoms. The van der Waals surface area contributed by atoms with Crippen molar-refractivity contribution in [3.05, 3.63) is 43.0 Å². The molecule has 1 amide bonds. The lowest BCUT2D eigenvalue weighted by molar-refractivity contribution is -0.119. The van der Waals surface area contributed by atoms with E-state index in [0.717, 1.165) is 31.3 Å². The van der Waals surface area contributed by atoms with Gasteiger partial charge in [-0.05, 0) is 30.0 Å². The van der Waals surface area contributed by atoms with Crippen molar-refractivity contribution >= 4 is 17.5 Å². The van der Waals surface area contributed by atoms with Crippen LogP contribution in [0.25, 0.3) is 0 Å². The van der Waals surface area contributed by atoms with E-state index in [4.69, 9.17) is 4.74 Å². The number of ether oxygens (including phenoxy) is 1. The third-order valence-electron chi connectivity index (χ3n) is 4.99. The minimum atomic E-state index is 0.0108. The summed E-state index contributed by atoms with van der Waals surface area (Å²) in [5.74, 6) is 1.84. The molecular weight excluding hydrogens is 318 g/mol. The molecule has 7 heteroatoms. The number of anilines is 2. The molecule has 7 nitrogen and oxygen atoms in total. The van der Waals surface area contributed by atoms with Crippen LogP contribution in [0.1, 0.15) is 6.42 Å². The number of fused-ring (bicyclic) bond motifs is 1. The molecular formula is C18H21N5O2. The zero-order valence-electron chi connectivity index (χ0n) is 13.9. The third kappa shape index (κ3) is 3.61. The number of amides is 1. The van der Waals surface area contributed by atoms with Gasteiger partial charge in [-0.3, -0.25) is 9.78 Å². The van der Waals surface area contributed by atoms with Crippen LogP contribution in [0.3, 0.4) is 0 Å². The number of hydrogen-bond donors (Lipinski definition) is 1. The number of nitrogens with zero attached hydrogens (tertiary/aromatic N) is 4. The summed E-state index contributed by atoms with van der Waals surface area (Å²) in [7, 11) is 0. The normalized spacial score (nSPS) is 25.4. The summed E-state index contributed by atoms with van der Waals surface area (Å²) in [5.41, 5.74) is 0.728. The Bertz CT molecular complexity index is 712. The Balaban J connectivity index is 1.40. The molecule has 0 aromatic carbocycles. The first kappa shape index (κ1) is 16.0. The third-order valence-corrected chi connectivity index (χ3v) is 4.99. The lowest BCUT2D eigenvalue weighted by atomic mass is 9.81. The quantitative estimate of drug-likeness (QED) is 0.911. The minimum Gasteiger partial charge on any atom is -0.381 e. The van der Waals surface area contributed by atoms with Crippen LogP contribution >= 0.6 is 0 Å². The van der Waals surface area contributed by atoms with Crippen LogP contribution in [-0.2, 0) is 9.53 Å². The fourth-order valence-electron chi connectivity index (χ4n) is 3.82. The van der Waals surface area contributed by atoms with Crippen LogP contribution in [0.4, 0.5) is 11.6 Å². The van der Waals surface area contributed by atoms with E-state index in [0.29, 0.717) is 24.9 Å². The van der Waals surface area contributed by atoms with Gasteiger partial charge in [-0.2, -0.15) is 0 Å². The Morgan fingerprint density at radius 1 is 1.20 bits per heavy atom. The lowest BCUT2D eigenvalue weighted by Crippen LogP contribution is -2.37. The minimum absolute atomic E-state index is 0.0108. The SMILES string of the molecule is O=C(C[C@@H]1COC[C@H]2CN(c3ncccn3)C[C@@H]12)Nc1cccnc1. The molecule has 0 spiro atoms. The molecule has 0 saturated carbocycles. The van der Waals surface area contributed by atoms with Gasteiger partial charge in [-0.15, -0.1) is 0 Å². The number of carbonyl (C=O) groups is 1. The van der Waals surface area contributed by atoms with Crippen LogP contribution in [-0.4, -0.2) is 47.2 Å². The molecule has 4 heterocycles. The van der Waals surface area contributed by atoms with E-state index < -0.39 is 0 Å². The van der Waals surface area contributed by atoms with E-state index in [2.05, 4.69) is 25.2 Å². The molecule has 1 N–H and O–H groups in total. The first-order valence-corrected chi connectivity index (χ1v) is 8.59. The maximum atomic E-state index is 12.4. The zero-order chi connectivity index (χ0) is 17.1. The second kappa shape index (κ2) is 7.14. The number of hydrogen-bond acceptors (Lipinski definition) is 6. The fraction of sp³-hybridized carbons (Fsp3) is 0.444. The van der Waals surface area contributed by atoms with Crippen LogP contribution in [0, 0.1) is 17.8 Å². The number of rotatable bonds is 4. The number of aromatic nitrogens is 3. The average Bonchev–Trinajstić information content (AvgIpc) is 3.09. The van der Waals surface area contributed by atoms with E-state index in [1.165, 1.54) is 0 Å². The predicted octanol–water partition coefficient (Wildman–Crippen LogP) is 1.60. The Morgan fingerprint density at radius 2 is 2.08 bits per heavy atom. The maximum absolute atomic E-state index is 12.4. The highest BCUT2D eigenvalue weighted by atomic mass is 16.5. The van der Waals surface area contributed by atoms with E-state index >= 15 is 0 Å². The van der Waals surface area contributed by atoms with E-state index in [1.807, 2.05) is 18.2 Å². The molecule has 0 aliphatic carbocycles. The van der Waals surface area contributed by atoms with Gasteiger partial charge in [0.2, 0.25) is 11.9 Å². The van der Waals surface area contributed by atoms with Crippen molar-refractivity contribution in [3.8, 4) is 0 Å². The first-order valence-electron chi connectivity index (χ1n) is 8.59. The van der Waals surface area contributed by atoms with Gasteiger partial charge in [-0.1, -0.05) is 0 Å². The predicted molar refractivity (Wildman–Crippen MR) is 93.0 cm³/mol. The summed E-state index contributed by atoms with van der Waals surface area (Å²) in [6.07, 6.45) is 7.33. The lowest BCUT2D eigenvalue weighted by Gasteiger charge is -2.32. The van der Waals surface area contributed by atoms with Crippen molar-refractivity contribution in [3.63, 3.8) is 0 Å². The van der Waals surface area contributed by atoms with Gasteiger partial charge < -0.3 is 15.0 Å². The van der Waals surface area contributed by atoms with Crippen molar-refractivity contribution < 1.29 is 9.53 Å². The van der Waals surface area contributed by atoms with Crippen LogP contribution in [0.5, 0.6) is 0 Å². The average molecular weight is 339 g/mol. The highest BCUT2D eigenvalue weighted by Crippen LogP contribution is 2.36. The Morgan fingerprint density at radius 3 is 2.88 bits per heavy atom. The number of pyridine rings is 1. The van der Waals surface area contributed by atoms with Crippen molar-refractivity contribution in [2.45, 2.75) is 6.42 Å². The van der Waals surface area contributed by atoms with E-state index in [1.54, 1.807) is 24.8 Å². The summed E-state index contributed by atoms with van der Waals surface area (Å²) in [6, 6.07) is 5.47. The second-order valence-corrected chi connectivity index (χ2v) is 6.67. The molecule has 2 saturated heterocycles. The van der Waals surface area contributed by atoms with E-state index in [9.17, 15) is 4.79 Å². The van der Waals surface area contributed by atoms with Gasteiger partial charge in [0.05, 0.1) is 25.1 Å². The van der Waals surface area contributed by atoms with Gasteiger partial charge in [0.1, 0.15) is 0 Å². The fourth-order valence-corrected chi connectivity index (χ4v) is 3.82. The molecule has 3 atom stereocenters. The molecule has 2 aliphatic rings. The largest absolute Gasteiger partial charge is 0.381 e. The van der Waals surface area contributed by atoms with Crippen molar-refractivity contribution in [1.82, 2.24) is 15.0 Å². The molecule has 2 aromatic rings. The zero-order valence-corrected chi connectivity index (χ0v) is 13.9. The molecule has 2 aliphatic heterocycles. The first-order chi connectivity index (χ1) is 12.3. The monoisotopic (exact) mass is 339 g/mol. The molecule has 2 fully saturated rings. The second-order valence-electron chi connectivity index (χ2n) is 6.67. The van der Waals surface area contributed by atoms with Crippen LogP contribution in [0.2, 0.25) is 0 Å². The van der Waals surface area contributed by atoms with Crippen molar-refractivity contribution in [2.24, 2.45) is 17.8 Å².